The molecule has 0 amide bonds. The van der Waals surface area contributed by atoms with Crippen LogP contribution in [0.3, 0.4) is 0 Å². The van der Waals surface area contributed by atoms with E-state index in [0.29, 0.717) is 11.6 Å². The number of hydrogen-bond acceptors (Lipinski definition) is 6. The second-order valence-corrected chi connectivity index (χ2v) is 10.3. The number of benzene rings is 2. The Labute approximate surface area is 191 Å². The molecule has 2 heterocycles. The fourth-order valence-electron chi connectivity index (χ4n) is 4.34. The van der Waals surface area contributed by atoms with E-state index < -0.39 is 27.8 Å². The second kappa shape index (κ2) is 9.15. The molecule has 0 aromatic heterocycles. The number of aliphatic hydroxyl groups is 1. The maximum Gasteiger partial charge on any atom is 0.269 e. The molecule has 32 heavy (non-hydrogen) atoms. The first-order valence-electron chi connectivity index (χ1n) is 10.4. The highest BCUT2D eigenvalue weighted by Crippen LogP contribution is 2.41. The number of piperidine rings is 1. The van der Waals surface area contributed by atoms with Crippen molar-refractivity contribution in [2.24, 2.45) is 0 Å². The first-order valence-corrected chi connectivity index (χ1v) is 12.3. The molecule has 0 unspecified atom stereocenters. The van der Waals surface area contributed by atoms with Gasteiger partial charge in [-0.3, -0.25) is 4.55 Å². The summed E-state index contributed by atoms with van der Waals surface area (Å²) in [6.45, 7) is 1.71. The van der Waals surface area contributed by atoms with Crippen LogP contribution in [0.4, 0.5) is 4.39 Å². The topological polar surface area (TPSA) is 96.3 Å². The van der Waals surface area contributed by atoms with Gasteiger partial charge >= 0.3 is 0 Å². The molecular formula is C22H25ClFNO6S. The minimum Gasteiger partial charge on any atom is -0.490 e. The highest BCUT2D eigenvalue weighted by Gasteiger charge is 2.42. The summed E-state index contributed by atoms with van der Waals surface area (Å²) in [7, 11) is -4.30. The van der Waals surface area contributed by atoms with Crippen molar-refractivity contribution in [1.29, 1.82) is 0 Å². The van der Waals surface area contributed by atoms with Crippen LogP contribution in [-0.2, 0) is 22.3 Å². The van der Waals surface area contributed by atoms with Crippen molar-refractivity contribution in [1.82, 2.24) is 4.90 Å². The summed E-state index contributed by atoms with van der Waals surface area (Å²) in [4.78, 5) is 2.11. The Morgan fingerprint density at radius 1 is 1.22 bits per heavy atom. The molecule has 2 N–H and O–H groups in total. The van der Waals surface area contributed by atoms with E-state index in [-0.39, 0.29) is 23.5 Å². The molecule has 2 aromatic carbocycles. The van der Waals surface area contributed by atoms with E-state index in [2.05, 4.69) is 4.90 Å². The molecule has 174 valence electrons. The molecule has 4 rings (SSSR count). The maximum atomic E-state index is 13.6. The third-order valence-electron chi connectivity index (χ3n) is 5.90. The molecule has 2 aromatic rings. The Balaban J connectivity index is 1.28. The SMILES string of the molecule is O=S(=O)(O)Cc1ccc(F)cc1OC[C@H](O)CN1CCC2(CC1)Cc1cc(Cl)ccc1O2. The zero-order chi connectivity index (χ0) is 22.9. The van der Waals surface area contributed by atoms with E-state index in [1.165, 1.54) is 6.07 Å². The van der Waals surface area contributed by atoms with Gasteiger partial charge in [-0.05, 0) is 29.8 Å². The predicted molar refractivity (Wildman–Crippen MR) is 117 cm³/mol. The van der Waals surface area contributed by atoms with Crippen LogP contribution < -0.4 is 9.47 Å². The molecule has 2 aliphatic rings. The molecular weight excluding hydrogens is 461 g/mol. The predicted octanol–water partition coefficient (Wildman–Crippen LogP) is 3.08. The Morgan fingerprint density at radius 3 is 2.69 bits per heavy atom. The molecule has 7 nitrogen and oxygen atoms in total. The molecule has 0 aliphatic carbocycles. The second-order valence-electron chi connectivity index (χ2n) is 8.46. The number of ether oxygens (including phenoxy) is 2. The third-order valence-corrected chi connectivity index (χ3v) is 6.81. The van der Waals surface area contributed by atoms with E-state index in [9.17, 15) is 17.9 Å². The maximum absolute atomic E-state index is 13.6. The van der Waals surface area contributed by atoms with Gasteiger partial charge in [-0.1, -0.05) is 17.7 Å². The molecule has 0 radical (unpaired) electrons. The fourth-order valence-corrected chi connectivity index (χ4v) is 5.17. The summed E-state index contributed by atoms with van der Waals surface area (Å²) < 4.78 is 56.7. The first-order chi connectivity index (χ1) is 15.1. The van der Waals surface area contributed by atoms with E-state index in [0.717, 1.165) is 55.8 Å². The highest BCUT2D eigenvalue weighted by molar-refractivity contribution is 7.85. The van der Waals surface area contributed by atoms with E-state index >= 15 is 0 Å². The lowest BCUT2D eigenvalue weighted by atomic mass is 9.87. The molecule has 1 spiro atoms. The number of likely N-dealkylation sites (tertiary alicyclic amines) is 1. The number of fused-ring (bicyclic) bond motifs is 1. The van der Waals surface area contributed by atoms with Gasteiger partial charge in [-0.25, -0.2) is 4.39 Å². The Kier molecular flexibility index (Phi) is 6.65. The van der Waals surface area contributed by atoms with Gasteiger partial charge in [-0.2, -0.15) is 8.42 Å². The number of rotatable bonds is 7. The number of halogens is 2. The lowest BCUT2D eigenvalue weighted by Gasteiger charge is -2.39. The molecule has 1 saturated heterocycles. The van der Waals surface area contributed by atoms with E-state index in [1.807, 2.05) is 18.2 Å². The van der Waals surface area contributed by atoms with Gasteiger partial charge < -0.3 is 19.5 Å². The molecule has 1 fully saturated rings. The summed E-state index contributed by atoms with van der Waals surface area (Å²) >= 11 is 6.09. The van der Waals surface area contributed by atoms with Gasteiger partial charge in [0.25, 0.3) is 10.1 Å². The van der Waals surface area contributed by atoms with Crippen molar-refractivity contribution in [2.45, 2.75) is 36.7 Å². The van der Waals surface area contributed by atoms with Gasteiger partial charge in [0, 0.05) is 55.5 Å². The molecule has 0 saturated carbocycles. The number of nitrogens with zero attached hydrogens (tertiary/aromatic N) is 1. The minimum absolute atomic E-state index is 0.0185. The van der Waals surface area contributed by atoms with Crippen LogP contribution in [-0.4, -0.2) is 60.9 Å². The van der Waals surface area contributed by atoms with Crippen LogP contribution in [0.15, 0.2) is 36.4 Å². The highest BCUT2D eigenvalue weighted by atomic mass is 35.5. The molecule has 1 atom stereocenters. The van der Waals surface area contributed by atoms with E-state index in [4.69, 9.17) is 25.6 Å². The lowest BCUT2D eigenvalue weighted by molar-refractivity contribution is -0.00202. The summed E-state index contributed by atoms with van der Waals surface area (Å²) in [5, 5.41) is 11.1. The van der Waals surface area contributed by atoms with Crippen LogP contribution in [0, 0.1) is 5.82 Å². The van der Waals surface area contributed by atoms with Gasteiger partial charge in [-0.15, -0.1) is 0 Å². The largest absolute Gasteiger partial charge is 0.490 e. The van der Waals surface area contributed by atoms with Gasteiger partial charge in [0.1, 0.15) is 41.4 Å². The van der Waals surface area contributed by atoms with Crippen LogP contribution in [0.1, 0.15) is 24.0 Å². The van der Waals surface area contributed by atoms with Crippen molar-refractivity contribution in [3.63, 3.8) is 0 Å². The quantitative estimate of drug-likeness (QED) is 0.582. The van der Waals surface area contributed by atoms with Crippen LogP contribution in [0.2, 0.25) is 5.02 Å². The van der Waals surface area contributed by atoms with Crippen molar-refractivity contribution in [2.75, 3.05) is 26.2 Å². The monoisotopic (exact) mass is 485 g/mol. The lowest BCUT2D eigenvalue weighted by Crippen LogP contribution is -2.49. The molecule has 0 bridgehead atoms. The summed E-state index contributed by atoms with van der Waals surface area (Å²) in [6.07, 6.45) is 1.59. The average molecular weight is 486 g/mol. The molecule has 2 aliphatic heterocycles. The van der Waals surface area contributed by atoms with Crippen LogP contribution in [0.25, 0.3) is 0 Å². The minimum atomic E-state index is -4.30. The van der Waals surface area contributed by atoms with Gasteiger partial charge in [0.05, 0.1) is 0 Å². The Morgan fingerprint density at radius 2 is 1.97 bits per heavy atom. The van der Waals surface area contributed by atoms with Crippen LogP contribution >= 0.6 is 11.6 Å². The number of aliphatic hydroxyl groups excluding tert-OH is 1. The smallest absolute Gasteiger partial charge is 0.269 e. The average Bonchev–Trinajstić information content (AvgIpc) is 3.06. The number of β-amino-alcohol motifs (C(OH)–C–C–N with tert-alkyl or cyclic N) is 1. The summed E-state index contributed by atoms with van der Waals surface area (Å²) in [5.74, 6) is -0.434. The first kappa shape index (κ1) is 23.3. The van der Waals surface area contributed by atoms with Crippen molar-refractivity contribution < 1.29 is 31.9 Å². The standard InChI is InChI=1S/C22H25ClFNO6S/c23-17-2-4-20-16(9-17)11-22(31-20)5-7-25(8-6-22)12-19(26)13-30-21-10-18(24)3-1-15(21)14-32(27,28)29/h1-4,9-10,19,26H,5-8,11-14H2,(H,27,28,29)/t19-/m1/s1. The van der Waals surface area contributed by atoms with E-state index in [1.54, 1.807) is 0 Å². The van der Waals surface area contributed by atoms with Crippen molar-refractivity contribution in [3.8, 4) is 11.5 Å². The Bertz CT molecular complexity index is 1090. The van der Waals surface area contributed by atoms with Gasteiger partial charge in [0.15, 0.2) is 0 Å². The van der Waals surface area contributed by atoms with Crippen LogP contribution in [0.5, 0.6) is 11.5 Å². The number of hydrogen-bond donors (Lipinski definition) is 2. The summed E-state index contributed by atoms with van der Waals surface area (Å²) in [5.41, 5.74) is 1.01. The Hall–Kier alpha value is -1.91. The summed E-state index contributed by atoms with van der Waals surface area (Å²) in [6, 6.07) is 9.04. The zero-order valence-corrected chi connectivity index (χ0v) is 18.9. The molecule has 10 heteroatoms. The van der Waals surface area contributed by atoms with Crippen molar-refractivity contribution in [3.05, 3.63) is 58.4 Å². The third kappa shape index (κ3) is 5.71. The van der Waals surface area contributed by atoms with Gasteiger partial charge in [0.2, 0.25) is 0 Å². The normalized spacial score (nSPS) is 18.9. The van der Waals surface area contributed by atoms with Crippen molar-refractivity contribution >= 4 is 21.7 Å². The zero-order valence-electron chi connectivity index (χ0n) is 17.3. The fraction of sp³-hybridized carbons (Fsp3) is 0.455.